The topological polar surface area (TPSA) is 237 Å². The van der Waals surface area contributed by atoms with Crippen LogP contribution in [0.25, 0.3) is 0 Å². The number of hydrogen-bond donors (Lipinski definition) is 3. The molecule has 0 rings (SSSR count). The van der Waals surface area contributed by atoms with E-state index in [1.807, 2.05) is 0 Å². The highest BCUT2D eigenvalue weighted by atomic mass is 31.2. The normalized spacial score (nSPS) is 14.4. The summed E-state index contributed by atoms with van der Waals surface area (Å²) in [7, 11) is -9.91. The molecule has 0 aliphatic rings. The molecule has 0 aromatic carbocycles. The molecule has 0 aliphatic heterocycles. The van der Waals surface area contributed by atoms with Gasteiger partial charge in [-0.05, 0) is 57.3 Å². The number of hydrogen-bond acceptors (Lipinski definition) is 15. The lowest BCUT2D eigenvalue weighted by Gasteiger charge is -2.21. The van der Waals surface area contributed by atoms with Gasteiger partial charge in [-0.1, -0.05) is 322 Å². The van der Waals surface area contributed by atoms with Gasteiger partial charge in [-0.3, -0.25) is 37.3 Å². The molecule has 0 saturated carbocycles. The molecule has 0 saturated heterocycles. The number of ether oxygens (including phenoxy) is 4. The maximum atomic E-state index is 13.1. The Labute approximate surface area is 580 Å². The van der Waals surface area contributed by atoms with Gasteiger partial charge in [0.15, 0.2) is 12.2 Å². The number of phosphoric acid groups is 2. The van der Waals surface area contributed by atoms with Crippen molar-refractivity contribution >= 4 is 39.5 Å². The molecule has 0 aromatic rings. The van der Waals surface area contributed by atoms with Crippen molar-refractivity contribution < 1.29 is 80.2 Å². The van der Waals surface area contributed by atoms with Gasteiger partial charge in [-0.2, -0.15) is 0 Å². The number of phosphoric ester groups is 2. The molecule has 3 N–H and O–H groups in total. The third-order valence-electron chi connectivity index (χ3n) is 17.5. The molecule has 0 bridgehead atoms. The number of allylic oxidation sites excluding steroid dienone is 4. The van der Waals surface area contributed by atoms with Crippen LogP contribution in [-0.2, 0) is 65.4 Å². The van der Waals surface area contributed by atoms with Crippen molar-refractivity contribution in [2.75, 3.05) is 39.6 Å². The van der Waals surface area contributed by atoms with E-state index in [4.69, 9.17) is 37.0 Å². The lowest BCUT2D eigenvalue weighted by molar-refractivity contribution is -0.161. The van der Waals surface area contributed by atoms with Crippen LogP contribution in [-0.4, -0.2) is 96.7 Å². The van der Waals surface area contributed by atoms with E-state index in [1.165, 1.54) is 173 Å². The summed E-state index contributed by atoms with van der Waals surface area (Å²) < 4.78 is 68.2. The first-order valence-corrected chi connectivity index (χ1v) is 42.0. The van der Waals surface area contributed by atoms with Gasteiger partial charge in [0.1, 0.15) is 19.3 Å². The summed E-state index contributed by atoms with van der Waals surface area (Å²) in [5.74, 6) is -1.36. The lowest BCUT2D eigenvalue weighted by atomic mass is 9.99. The van der Waals surface area contributed by atoms with Gasteiger partial charge in [-0.15, -0.1) is 0 Å². The number of rotatable bonds is 74. The van der Waals surface area contributed by atoms with E-state index in [2.05, 4.69) is 58.9 Å². The molecule has 560 valence electrons. The Morgan fingerprint density at radius 1 is 0.337 bits per heavy atom. The quantitative estimate of drug-likeness (QED) is 0.0169. The second kappa shape index (κ2) is 68.7. The molecular weight excluding hydrogens is 1250 g/mol. The Morgan fingerprint density at radius 2 is 0.589 bits per heavy atom. The number of esters is 4. The van der Waals surface area contributed by atoms with Crippen LogP contribution < -0.4 is 0 Å². The molecule has 0 spiro atoms. The third kappa shape index (κ3) is 68.5. The fraction of sp³-hybridized carbons (Fsp3) is 0.895. The van der Waals surface area contributed by atoms with E-state index in [-0.39, 0.29) is 25.7 Å². The molecular formula is C76H144O17P2. The predicted molar refractivity (Wildman–Crippen MR) is 386 cm³/mol. The molecule has 0 aliphatic carbocycles. The van der Waals surface area contributed by atoms with E-state index >= 15 is 0 Å². The zero-order chi connectivity index (χ0) is 69.8. The number of aliphatic hydroxyl groups excluding tert-OH is 1. The molecule has 0 aromatic heterocycles. The largest absolute Gasteiger partial charge is 0.472 e. The Bertz CT molecular complexity index is 1920. The van der Waals surface area contributed by atoms with Gasteiger partial charge < -0.3 is 33.8 Å². The predicted octanol–water partition coefficient (Wildman–Crippen LogP) is 22.0. The fourth-order valence-electron chi connectivity index (χ4n) is 11.1. The number of unbranched alkanes of at least 4 members (excludes halogenated alkanes) is 42. The Kier molecular flexibility index (Phi) is 66.9. The highest BCUT2D eigenvalue weighted by Gasteiger charge is 2.30. The average molecular weight is 1390 g/mol. The molecule has 19 heteroatoms. The summed E-state index contributed by atoms with van der Waals surface area (Å²) >= 11 is 0. The van der Waals surface area contributed by atoms with Gasteiger partial charge in [0.25, 0.3) is 0 Å². The van der Waals surface area contributed by atoms with E-state index in [9.17, 15) is 43.2 Å². The molecule has 0 amide bonds. The highest BCUT2D eigenvalue weighted by Crippen LogP contribution is 2.45. The van der Waals surface area contributed by atoms with Gasteiger partial charge in [0, 0.05) is 25.7 Å². The minimum absolute atomic E-state index is 0.102. The smallest absolute Gasteiger partial charge is 0.462 e. The van der Waals surface area contributed by atoms with Crippen molar-refractivity contribution in [1.82, 2.24) is 0 Å². The van der Waals surface area contributed by atoms with E-state index in [1.54, 1.807) is 0 Å². The van der Waals surface area contributed by atoms with Crippen LogP contribution in [0.1, 0.15) is 375 Å². The minimum Gasteiger partial charge on any atom is -0.462 e. The average Bonchev–Trinajstić information content (AvgIpc) is 2.43. The van der Waals surface area contributed by atoms with Gasteiger partial charge >= 0.3 is 39.5 Å². The van der Waals surface area contributed by atoms with Crippen molar-refractivity contribution in [1.29, 1.82) is 0 Å². The first-order valence-electron chi connectivity index (χ1n) is 39.0. The second-order valence-corrected chi connectivity index (χ2v) is 29.9. The summed E-state index contributed by atoms with van der Waals surface area (Å²) in [5.41, 5.74) is 0. The van der Waals surface area contributed by atoms with Crippen LogP contribution in [0.4, 0.5) is 0 Å². The van der Waals surface area contributed by atoms with Gasteiger partial charge in [-0.25, -0.2) is 9.13 Å². The first-order chi connectivity index (χ1) is 46.1. The summed E-state index contributed by atoms with van der Waals surface area (Å²) in [6.07, 6.45) is 60.9. The summed E-state index contributed by atoms with van der Waals surface area (Å²) in [4.78, 5) is 72.5. The van der Waals surface area contributed by atoms with E-state index < -0.39 is 97.5 Å². The zero-order valence-corrected chi connectivity index (χ0v) is 63.1. The van der Waals surface area contributed by atoms with Crippen LogP contribution in [0.3, 0.4) is 0 Å². The van der Waals surface area contributed by atoms with Crippen molar-refractivity contribution in [2.45, 2.75) is 393 Å². The molecule has 3 unspecified atom stereocenters. The second-order valence-electron chi connectivity index (χ2n) is 26.9. The summed E-state index contributed by atoms with van der Waals surface area (Å²) in [6.45, 7) is 7.15. The van der Waals surface area contributed by atoms with Crippen molar-refractivity contribution in [2.24, 2.45) is 5.92 Å². The SMILES string of the molecule is CCCCCC/C=C\C=C/CCCCCCCC(=O)OC[C@H](COP(=O)(O)OC[C@@H](O)COP(=O)(O)OC[C@@H](COC(=O)CCCCCCC)OC(=O)CCCCCCCCCCCCC(C)CC)OC(=O)CCCCCCCCCCCCCCCCCCCCCCC. The lowest BCUT2D eigenvalue weighted by Crippen LogP contribution is -2.30. The molecule has 0 fully saturated rings. The van der Waals surface area contributed by atoms with Crippen LogP contribution in [0.15, 0.2) is 24.3 Å². The number of carbonyl (C=O) groups is 4. The van der Waals surface area contributed by atoms with Crippen LogP contribution in [0.2, 0.25) is 0 Å². The van der Waals surface area contributed by atoms with Crippen molar-refractivity contribution in [3.05, 3.63) is 24.3 Å². The summed E-state index contributed by atoms with van der Waals surface area (Å²) in [5, 5.41) is 10.6. The number of aliphatic hydroxyl groups is 1. The maximum Gasteiger partial charge on any atom is 0.472 e. The molecule has 0 radical (unpaired) electrons. The monoisotopic (exact) mass is 1390 g/mol. The first kappa shape index (κ1) is 92.5. The van der Waals surface area contributed by atoms with Crippen LogP contribution in [0, 0.1) is 5.92 Å². The zero-order valence-electron chi connectivity index (χ0n) is 61.3. The Hall–Kier alpha value is -2.46. The molecule has 0 heterocycles. The standard InChI is InChI=1S/C76H144O17P2/c1-6-10-13-16-18-20-22-24-26-27-28-29-30-31-33-35-37-42-46-51-56-61-76(81)93-72(66-87-74(79)60-55-50-45-41-36-34-32-25-23-21-19-17-14-11-7-2)68-91-95(84,85)89-64-70(77)63-88-94(82,83)90-67-71(65-86-73(78)59-54-48-15-12-8-3)92-75(80)62-57-52-47-43-39-38-40-44-49-53-58-69(5)9-4/h21,23,25,32,69-72,77H,6-20,22,24,26-31,33-68H2,1-5H3,(H,82,83)(H,84,85)/b23-21-,32-25-/t69?,70-,71+,72+/m0/s1. The van der Waals surface area contributed by atoms with E-state index in [0.717, 1.165) is 121 Å². The van der Waals surface area contributed by atoms with Crippen LogP contribution in [0.5, 0.6) is 0 Å². The third-order valence-corrected chi connectivity index (χ3v) is 19.4. The summed E-state index contributed by atoms with van der Waals surface area (Å²) in [6, 6.07) is 0. The van der Waals surface area contributed by atoms with E-state index in [0.29, 0.717) is 25.7 Å². The van der Waals surface area contributed by atoms with Crippen molar-refractivity contribution in [3.63, 3.8) is 0 Å². The Balaban J connectivity index is 5.16. The highest BCUT2D eigenvalue weighted by molar-refractivity contribution is 7.47. The molecule has 17 nitrogen and oxygen atoms in total. The Morgan fingerprint density at radius 3 is 0.895 bits per heavy atom. The maximum absolute atomic E-state index is 13.1. The number of carbonyl (C=O) groups excluding carboxylic acids is 4. The molecule has 95 heavy (non-hydrogen) atoms. The fourth-order valence-corrected chi connectivity index (χ4v) is 12.7. The minimum atomic E-state index is -4.96. The van der Waals surface area contributed by atoms with Crippen LogP contribution >= 0.6 is 15.6 Å². The van der Waals surface area contributed by atoms with Gasteiger partial charge in [0.2, 0.25) is 0 Å². The molecule has 6 atom stereocenters. The van der Waals surface area contributed by atoms with Crippen molar-refractivity contribution in [3.8, 4) is 0 Å². The van der Waals surface area contributed by atoms with Gasteiger partial charge in [0.05, 0.1) is 26.4 Å².